The largest absolute Gasteiger partial charge is 0.494 e. The normalized spacial score (nSPS) is 11.4. The zero-order valence-electron chi connectivity index (χ0n) is 16.8. The van der Waals surface area contributed by atoms with Crippen molar-refractivity contribution in [3.05, 3.63) is 54.7 Å². The molecule has 1 heterocycles. The van der Waals surface area contributed by atoms with Gasteiger partial charge < -0.3 is 23.3 Å². The monoisotopic (exact) mass is 415 g/mol. The van der Waals surface area contributed by atoms with E-state index in [1.165, 1.54) is 31.4 Å². The minimum atomic E-state index is -1.27. The molecule has 3 rings (SSSR count). The van der Waals surface area contributed by atoms with Gasteiger partial charge in [-0.15, -0.1) is 0 Å². The highest BCUT2D eigenvalue weighted by Crippen LogP contribution is 2.25. The fourth-order valence-corrected chi connectivity index (χ4v) is 3.18. The summed E-state index contributed by atoms with van der Waals surface area (Å²) in [6.07, 6.45) is 4.83. The van der Waals surface area contributed by atoms with Crippen LogP contribution in [0.25, 0.3) is 10.9 Å². The molecule has 0 saturated carbocycles. The van der Waals surface area contributed by atoms with Crippen molar-refractivity contribution in [3.63, 3.8) is 0 Å². The Hall–Kier alpha value is -2.80. The number of rotatable bonds is 10. The Labute approximate surface area is 174 Å². The van der Waals surface area contributed by atoms with Gasteiger partial charge in [0.2, 0.25) is 0 Å². The molecule has 29 heavy (non-hydrogen) atoms. The fraction of sp³-hybridized carbons (Fsp3) is 0.318. The molecule has 0 aliphatic heterocycles. The van der Waals surface area contributed by atoms with Gasteiger partial charge in [-0.25, -0.2) is 4.79 Å². The minimum Gasteiger partial charge on any atom is -0.494 e. The Balaban J connectivity index is 1.49. The lowest BCUT2D eigenvalue weighted by molar-refractivity contribution is -0.152. The van der Waals surface area contributed by atoms with Crippen molar-refractivity contribution in [2.24, 2.45) is 0 Å². The van der Waals surface area contributed by atoms with Crippen LogP contribution in [-0.4, -0.2) is 34.1 Å². The van der Waals surface area contributed by atoms with E-state index in [4.69, 9.17) is 18.8 Å². The van der Waals surface area contributed by atoms with E-state index in [1.54, 1.807) is 24.3 Å². The van der Waals surface area contributed by atoms with Crippen LogP contribution in [0.4, 0.5) is 0 Å². The van der Waals surface area contributed by atoms with E-state index < -0.39 is 11.6 Å². The number of ether oxygens (including phenoxy) is 2. The van der Waals surface area contributed by atoms with Crippen LogP contribution in [-0.2, 0) is 11.3 Å². The third-order valence-electron chi connectivity index (χ3n) is 4.45. The van der Waals surface area contributed by atoms with Crippen LogP contribution in [0.2, 0.25) is 0 Å². The third-order valence-corrected chi connectivity index (χ3v) is 4.81. The second-order valence-electron chi connectivity index (χ2n) is 7.07. The molecule has 0 amide bonds. The first-order valence-electron chi connectivity index (χ1n) is 9.34. The van der Waals surface area contributed by atoms with E-state index in [-0.39, 0.29) is 0 Å². The summed E-state index contributed by atoms with van der Waals surface area (Å²) in [5.74, 6) is 1.06. The topological polar surface area (TPSA) is 69.9 Å². The first-order valence-corrected chi connectivity index (χ1v) is 10.5. The van der Waals surface area contributed by atoms with Gasteiger partial charge in [0, 0.05) is 29.9 Å². The van der Waals surface area contributed by atoms with Crippen LogP contribution in [0.15, 0.2) is 54.7 Å². The fourth-order valence-electron chi connectivity index (χ4n) is 2.89. The maximum absolute atomic E-state index is 11.1. The number of hydrogen-bond acceptors (Lipinski definition) is 5. The van der Waals surface area contributed by atoms with Gasteiger partial charge >= 0.3 is 5.97 Å². The third kappa shape index (κ3) is 5.38. The molecule has 0 fully saturated rings. The number of hydrogen-bond donors (Lipinski definition) is 1. The molecule has 0 radical (unpaired) electrons. The number of fused-ring (bicyclic) bond motifs is 1. The summed E-state index contributed by atoms with van der Waals surface area (Å²) < 4.78 is 18.9. The highest BCUT2D eigenvalue weighted by Gasteiger charge is 2.29. The second-order valence-corrected chi connectivity index (χ2v) is 7.57. The summed E-state index contributed by atoms with van der Waals surface area (Å²) >= 11 is 1.33. The molecule has 3 aromatic rings. The van der Waals surface area contributed by atoms with Gasteiger partial charge in [0.25, 0.3) is 0 Å². The minimum absolute atomic E-state index is 0.494. The predicted molar refractivity (Wildman–Crippen MR) is 115 cm³/mol. The van der Waals surface area contributed by atoms with Crippen LogP contribution < -0.4 is 13.7 Å². The molecular formula is C22H25NO5S. The first kappa shape index (κ1) is 20.9. The van der Waals surface area contributed by atoms with E-state index in [9.17, 15) is 4.79 Å². The van der Waals surface area contributed by atoms with E-state index in [0.29, 0.717) is 12.4 Å². The highest BCUT2D eigenvalue weighted by atomic mass is 32.2. The standard InChI is InChI=1S/C22H25NO5S/c1-22(2,21(24)25)27-18-7-5-17(6-8-18)26-14-4-12-23-13-11-16-15-19(28-29-3)9-10-20(16)23/h5-11,13,15H,4,12,14H2,1-3H3,(H,24,25). The summed E-state index contributed by atoms with van der Waals surface area (Å²) in [7, 11) is 0. The van der Waals surface area contributed by atoms with Gasteiger partial charge in [0.15, 0.2) is 5.60 Å². The van der Waals surface area contributed by atoms with Crippen LogP contribution in [0.1, 0.15) is 20.3 Å². The number of aliphatic carboxylic acids is 1. The van der Waals surface area contributed by atoms with Crippen LogP contribution in [0, 0.1) is 0 Å². The smallest absolute Gasteiger partial charge is 0.347 e. The molecule has 0 aliphatic rings. The zero-order chi connectivity index (χ0) is 20.9. The van der Waals surface area contributed by atoms with Crippen LogP contribution >= 0.6 is 12.0 Å². The molecule has 0 atom stereocenters. The number of aryl methyl sites for hydroxylation is 1. The number of carboxylic acid groups (broad SMARTS) is 1. The molecule has 0 spiro atoms. The Bertz CT molecular complexity index is 965. The van der Waals surface area contributed by atoms with E-state index in [0.717, 1.165) is 29.9 Å². The molecule has 0 bridgehead atoms. The van der Waals surface area contributed by atoms with Gasteiger partial charge in [-0.3, -0.25) is 0 Å². The van der Waals surface area contributed by atoms with Crippen molar-refractivity contribution < 1.29 is 23.6 Å². The van der Waals surface area contributed by atoms with Gasteiger partial charge in [-0.05, 0) is 68.8 Å². The second kappa shape index (κ2) is 9.13. The van der Waals surface area contributed by atoms with E-state index in [1.807, 2.05) is 18.4 Å². The Morgan fingerprint density at radius 2 is 1.76 bits per heavy atom. The lowest BCUT2D eigenvalue weighted by Crippen LogP contribution is -2.37. The van der Waals surface area contributed by atoms with Crippen LogP contribution in [0.5, 0.6) is 17.2 Å². The number of carbonyl (C=O) groups is 1. The average Bonchev–Trinajstić information content (AvgIpc) is 3.09. The SMILES string of the molecule is CSOc1ccc2c(ccn2CCCOc2ccc(OC(C)(C)C(=O)O)cc2)c1. The molecule has 0 aliphatic carbocycles. The van der Waals surface area contributed by atoms with Crippen molar-refractivity contribution in [1.29, 1.82) is 0 Å². The Morgan fingerprint density at radius 3 is 2.45 bits per heavy atom. The summed E-state index contributed by atoms with van der Waals surface area (Å²) in [5, 5.41) is 10.3. The Morgan fingerprint density at radius 1 is 1.07 bits per heavy atom. The molecule has 6 nitrogen and oxygen atoms in total. The maximum Gasteiger partial charge on any atom is 0.347 e. The molecule has 154 valence electrons. The van der Waals surface area contributed by atoms with Crippen LogP contribution in [0.3, 0.4) is 0 Å². The summed E-state index contributed by atoms with van der Waals surface area (Å²) in [6, 6.07) is 15.2. The molecule has 7 heteroatoms. The lowest BCUT2D eigenvalue weighted by Gasteiger charge is -2.21. The van der Waals surface area contributed by atoms with Gasteiger partial charge in [-0.1, -0.05) is 0 Å². The quantitative estimate of drug-likeness (QED) is 0.371. The average molecular weight is 416 g/mol. The van der Waals surface area contributed by atoms with Crippen molar-refractivity contribution >= 4 is 28.9 Å². The molecular weight excluding hydrogens is 390 g/mol. The zero-order valence-corrected chi connectivity index (χ0v) is 17.6. The molecule has 2 aromatic carbocycles. The van der Waals surface area contributed by atoms with Crippen molar-refractivity contribution in [2.45, 2.75) is 32.4 Å². The molecule has 0 saturated heterocycles. The van der Waals surface area contributed by atoms with Gasteiger partial charge in [0.1, 0.15) is 17.2 Å². The van der Waals surface area contributed by atoms with E-state index in [2.05, 4.69) is 22.9 Å². The maximum atomic E-state index is 11.1. The van der Waals surface area contributed by atoms with E-state index >= 15 is 0 Å². The number of carboxylic acids is 1. The molecule has 1 N–H and O–H groups in total. The van der Waals surface area contributed by atoms with Crippen molar-refractivity contribution in [2.75, 3.05) is 12.9 Å². The number of aromatic nitrogens is 1. The van der Waals surface area contributed by atoms with Crippen molar-refractivity contribution in [1.82, 2.24) is 4.57 Å². The van der Waals surface area contributed by atoms with Gasteiger partial charge in [-0.2, -0.15) is 0 Å². The van der Waals surface area contributed by atoms with Crippen molar-refractivity contribution in [3.8, 4) is 17.2 Å². The molecule has 1 aromatic heterocycles. The Kier molecular flexibility index (Phi) is 6.59. The summed E-state index contributed by atoms with van der Waals surface area (Å²) in [6.45, 7) is 4.46. The summed E-state index contributed by atoms with van der Waals surface area (Å²) in [4.78, 5) is 11.1. The predicted octanol–water partition coefficient (Wildman–Crippen LogP) is 5.01. The summed E-state index contributed by atoms with van der Waals surface area (Å²) in [5.41, 5.74) is -0.106. The van der Waals surface area contributed by atoms with Gasteiger partial charge in [0.05, 0.1) is 18.6 Å². The molecule has 0 unspecified atom stereocenters. The first-order chi connectivity index (χ1) is 13.9. The highest BCUT2D eigenvalue weighted by molar-refractivity contribution is 7.94. The lowest BCUT2D eigenvalue weighted by atomic mass is 10.1. The number of nitrogens with zero attached hydrogens (tertiary/aromatic N) is 1. The number of benzene rings is 2.